The molecular formula is C10H11NO3. The summed E-state index contributed by atoms with van der Waals surface area (Å²) in [5, 5.41) is 0. The quantitative estimate of drug-likeness (QED) is 0.624. The summed E-state index contributed by atoms with van der Waals surface area (Å²) in [5.74, 6) is 2.16. The molecule has 2 heterocycles. The molecule has 0 bridgehead atoms. The highest BCUT2D eigenvalue weighted by atomic mass is 16.6. The van der Waals surface area contributed by atoms with Gasteiger partial charge in [0.15, 0.2) is 11.5 Å². The van der Waals surface area contributed by atoms with Crippen molar-refractivity contribution >= 4 is 5.69 Å². The number of ether oxygens (including phenoxy) is 3. The predicted molar refractivity (Wildman–Crippen MR) is 51.0 cm³/mol. The molecule has 74 valence electrons. The first-order valence-electron chi connectivity index (χ1n) is 4.70. The average molecular weight is 193 g/mol. The summed E-state index contributed by atoms with van der Waals surface area (Å²) in [6, 6.07) is 1.97. The lowest BCUT2D eigenvalue weighted by Gasteiger charge is -2.21. The zero-order valence-electron chi connectivity index (χ0n) is 7.71. The van der Waals surface area contributed by atoms with Crippen LogP contribution in [0.3, 0.4) is 0 Å². The van der Waals surface area contributed by atoms with Crippen molar-refractivity contribution in [3.8, 4) is 17.2 Å². The number of rotatable bonds is 0. The first-order valence-corrected chi connectivity index (χ1v) is 4.70. The van der Waals surface area contributed by atoms with E-state index in [1.54, 1.807) is 0 Å². The lowest BCUT2D eigenvalue weighted by Crippen LogP contribution is -2.16. The Morgan fingerprint density at radius 1 is 1.00 bits per heavy atom. The average Bonchev–Trinajstić information content (AvgIpc) is 2.66. The van der Waals surface area contributed by atoms with E-state index in [9.17, 15) is 0 Å². The maximum absolute atomic E-state index is 5.93. The molecule has 4 heteroatoms. The topological polar surface area (TPSA) is 53.7 Å². The van der Waals surface area contributed by atoms with Gasteiger partial charge >= 0.3 is 0 Å². The number of anilines is 1. The summed E-state index contributed by atoms with van der Waals surface area (Å²) in [7, 11) is 0. The van der Waals surface area contributed by atoms with Crippen molar-refractivity contribution in [3.05, 3.63) is 11.6 Å². The Bertz CT molecular complexity index is 389. The van der Waals surface area contributed by atoms with Gasteiger partial charge in [-0.15, -0.1) is 0 Å². The molecule has 0 saturated heterocycles. The van der Waals surface area contributed by atoms with E-state index in [1.165, 1.54) is 0 Å². The van der Waals surface area contributed by atoms with E-state index in [0.29, 0.717) is 31.3 Å². The van der Waals surface area contributed by atoms with Gasteiger partial charge in [0.05, 0.1) is 6.61 Å². The molecule has 0 atom stereocenters. The fourth-order valence-electron chi connectivity index (χ4n) is 1.87. The van der Waals surface area contributed by atoms with Crippen LogP contribution in [0.5, 0.6) is 17.2 Å². The van der Waals surface area contributed by atoms with Crippen molar-refractivity contribution in [1.29, 1.82) is 0 Å². The van der Waals surface area contributed by atoms with Crippen molar-refractivity contribution in [2.45, 2.75) is 6.42 Å². The second kappa shape index (κ2) is 2.70. The Labute approximate surface area is 81.6 Å². The molecule has 3 rings (SSSR count). The Balaban J connectivity index is 2.20. The summed E-state index contributed by atoms with van der Waals surface area (Å²) in [6.45, 7) is 1.84. The van der Waals surface area contributed by atoms with Crippen LogP contribution in [-0.2, 0) is 6.42 Å². The molecule has 4 nitrogen and oxygen atoms in total. The first-order chi connectivity index (χ1) is 6.86. The number of fused-ring (bicyclic) bond motifs is 2. The lowest BCUT2D eigenvalue weighted by molar-refractivity contribution is 0.172. The van der Waals surface area contributed by atoms with Gasteiger partial charge in [0.1, 0.15) is 24.7 Å². The monoisotopic (exact) mass is 193 g/mol. The van der Waals surface area contributed by atoms with Crippen LogP contribution in [0.15, 0.2) is 6.07 Å². The van der Waals surface area contributed by atoms with Gasteiger partial charge in [-0.25, -0.2) is 0 Å². The van der Waals surface area contributed by atoms with Gasteiger partial charge in [0.2, 0.25) is 0 Å². The van der Waals surface area contributed by atoms with E-state index in [2.05, 4.69) is 0 Å². The lowest BCUT2D eigenvalue weighted by atomic mass is 10.1. The fourth-order valence-corrected chi connectivity index (χ4v) is 1.87. The van der Waals surface area contributed by atoms with Crippen LogP contribution < -0.4 is 19.9 Å². The molecule has 2 aliphatic heterocycles. The van der Waals surface area contributed by atoms with Crippen LogP contribution in [0.2, 0.25) is 0 Å². The highest BCUT2D eigenvalue weighted by Gasteiger charge is 2.24. The summed E-state index contributed by atoms with van der Waals surface area (Å²) >= 11 is 0. The predicted octanol–water partition coefficient (Wildman–Crippen LogP) is 0.975. The molecule has 0 saturated carbocycles. The molecule has 0 unspecified atom stereocenters. The zero-order valence-corrected chi connectivity index (χ0v) is 7.71. The van der Waals surface area contributed by atoms with Crippen LogP contribution in [0, 0.1) is 0 Å². The van der Waals surface area contributed by atoms with Crippen molar-refractivity contribution < 1.29 is 14.2 Å². The van der Waals surface area contributed by atoms with E-state index >= 15 is 0 Å². The van der Waals surface area contributed by atoms with Gasteiger partial charge in [-0.2, -0.15) is 0 Å². The summed E-state index contributed by atoms with van der Waals surface area (Å²) in [5.41, 5.74) is 7.62. The highest BCUT2D eigenvalue weighted by Crippen LogP contribution is 2.46. The fraction of sp³-hybridized carbons (Fsp3) is 0.400. The van der Waals surface area contributed by atoms with Crippen LogP contribution in [0.25, 0.3) is 0 Å². The second-order valence-electron chi connectivity index (χ2n) is 3.40. The van der Waals surface area contributed by atoms with Gasteiger partial charge in [0.25, 0.3) is 0 Å². The third-order valence-corrected chi connectivity index (χ3v) is 2.52. The van der Waals surface area contributed by atoms with Gasteiger partial charge in [-0.3, -0.25) is 0 Å². The molecule has 0 amide bonds. The van der Waals surface area contributed by atoms with Gasteiger partial charge < -0.3 is 19.9 Å². The summed E-state index contributed by atoms with van der Waals surface area (Å²) in [6.07, 6.45) is 0.899. The van der Waals surface area contributed by atoms with E-state index in [0.717, 1.165) is 23.5 Å². The Kier molecular flexibility index (Phi) is 1.50. The Morgan fingerprint density at radius 3 is 2.71 bits per heavy atom. The van der Waals surface area contributed by atoms with Crippen LogP contribution >= 0.6 is 0 Å². The molecule has 1 aromatic carbocycles. The molecule has 1 aromatic rings. The Morgan fingerprint density at radius 2 is 1.79 bits per heavy atom. The summed E-state index contributed by atoms with van der Waals surface area (Å²) in [4.78, 5) is 0. The SMILES string of the molecule is Nc1c2c(cc3c1OCCO3)CCO2. The minimum atomic E-state index is 0.552. The van der Waals surface area contributed by atoms with Crippen molar-refractivity contribution in [1.82, 2.24) is 0 Å². The van der Waals surface area contributed by atoms with E-state index < -0.39 is 0 Å². The minimum absolute atomic E-state index is 0.552. The van der Waals surface area contributed by atoms with Crippen molar-refractivity contribution in [2.75, 3.05) is 25.6 Å². The normalized spacial score (nSPS) is 17.4. The van der Waals surface area contributed by atoms with E-state index in [-0.39, 0.29) is 0 Å². The maximum atomic E-state index is 5.93. The molecule has 0 radical (unpaired) electrons. The first kappa shape index (κ1) is 7.79. The number of nitrogens with two attached hydrogens (primary N) is 1. The van der Waals surface area contributed by atoms with Crippen LogP contribution in [-0.4, -0.2) is 19.8 Å². The third kappa shape index (κ3) is 0.937. The molecule has 0 spiro atoms. The Hall–Kier alpha value is -1.58. The van der Waals surface area contributed by atoms with Crippen LogP contribution in [0.1, 0.15) is 5.56 Å². The van der Waals surface area contributed by atoms with Gasteiger partial charge in [0, 0.05) is 12.0 Å². The smallest absolute Gasteiger partial charge is 0.188 e. The largest absolute Gasteiger partial charge is 0.491 e. The van der Waals surface area contributed by atoms with Gasteiger partial charge in [-0.1, -0.05) is 0 Å². The number of hydrogen-bond acceptors (Lipinski definition) is 4. The van der Waals surface area contributed by atoms with Crippen molar-refractivity contribution in [2.24, 2.45) is 0 Å². The summed E-state index contributed by atoms with van der Waals surface area (Å²) < 4.78 is 16.4. The maximum Gasteiger partial charge on any atom is 0.188 e. The molecule has 14 heavy (non-hydrogen) atoms. The molecule has 0 aromatic heterocycles. The number of hydrogen-bond donors (Lipinski definition) is 1. The van der Waals surface area contributed by atoms with Gasteiger partial charge in [-0.05, 0) is 6.07 Å². The molecule has 0 aliphatic carbocycles. The minimum Gasteiger partial charge on any atom is -0.491 e. The molecule has 2 N–H and O–H groups in total. The highest BCUT2D eigenvalue weighted by molar-refractivity contribution is 5.72. The standard InChI is InChI=1S/C10H11NO3/c11-8-9-6(1-2-13-9)5-7-10(8)14-4-3-12-7/h5H,1-4,11H2. The van der Waals surface area contributed by atoms with Crippen LogP contribution in [0.4, 0.5) is 5.69 Å². The molecular weight excluding hydrogens is 182 g/mol. The number of benzene rings is 1. The molecule has 2 aliphatic rings. The second-order valence-corrected chi connectivity index (χ2v) is 3.40. The zero-order chi connectivity index (χ0) is 9.54. The van der Waals surface area contributed by atoms with E-state index in [4.69, 9.17) is 19.9 Å². The van der Waals surface area contributed by atoms with Crippen molar-refractivity contribution in [3.63, 3.8) is 0 Å². The third-order valence-electron chi connectivity index (χ3n) is 2.52. The van der Waals surface area contributed by atoms with E-state index in [1.807, 2.05) is 6.07 Å². The number of nitrogen functional groups attached to an aromatic ring is 1. The molecule has 0 fully saturated rings.